The van der Waals surface area contributed by atoms with Gasteiger partial charge in [0.25, 0.3) is 0 Å². The molecule has 3 aromatic rings. The van der Waals surface area contributed by atoms with Gasteiger partial charge in [0, 0.05) is 49.2 Å². The predicted molar refractivity (Wildman–Crippen MR) is 140 cm³/mol. The number of H-pyrrole nitrogens is 1. The molecule has 5 heterocycles. The van der Waals surface area contributed by atoms with Gasteiger partial charge in [-0.25, -0.2) is 0 Å². The monoisotopic (exact) mass is 516 g/mol. The highest BCUT2D eigenvalue weighted by molar-refractivity contribution is 5.97. The number of rotatable bonds is 4. The highest BCUT2D eigenvalue weighted by Crippen LogP contribution is 2.44. The molecule has 0 radical (unpaired) electrons. The third-order valence-corrected chi connectivity index (χ3v) is 8.24. The third-order valence-electron chi connectivity index (χ3n) is 8.24. The molecule has 0 saturated carbocycles. The molecule has 4 aliphatic rings. The summed E-state index contributed by atoms with van der Waals surface area (Å²) in [6, 6.07) is 13.0. The number of aromatic amines is 1. The number of nitrogens with zero attached hydrogens (tertiary/aromatic N) is 3. The normalized spacial score (nSPS) is 27.1. The number of aromatic nitrogens is 1. The Kier molecular flexibility index (Phi) is 5.59. The maximum Gasteiger partial charge on any atom is 0.246 e. The van der Waals surface area contributed by atoms with Crippen LogP contribution in [0.15, 0.2) is 42.5 Å². The van der Waals surface area contributed by atoms with Crippen molar-refractivity contribution in [3.8, 4) is 11.5 Å². The summed E-state index contributed by atoms with van der Waals surface area (Å²) >= 11 is 0. The Balaban J connectivity index is 1.23. The van der Waals surface area contributed by atoms with E-state index in [9.17, 15) is 9.59 Å². The van der Waals surface area contributed by atoms with Gasteiger partial charge in [-0.2, -0.15) is 0 Å². The smallest absolute Gasteiger partial charge is 0.246 e. The zero-order chi connectivity index (χ0) is 26.0. The van der Waals surface area contributed by atoms with Gasteiger partial charge in [-0.05, 0) is 43.2 Å². The Bertz CT molecular complexity index is 1410. The molecule has 9 nitrogen and oxygen atoms in total. The molecule has 198 valence electrons. The second-order valence-corrected chi connectivity index (χ2v) is 10.9. The van der Waals surface area contributed by atoms with Gasteiger partial charge >= 0.3 is 0 Å². The van der Waals surface area contributed by atoms with Crippen LogP contribution >= 0.6 is 0 Å². The molecule has 0 aliphatic carbocycles. The van der Waals surface area contributed by atoms with Crippen LogP contribution in [0.1, 0.15) is 36.7 Å². The standard InChI is InChI=1S/C29H32N4O5/c1-17-13-31(14-18(2)38-17)9-10-32-15-26(34)33-23(29(32)35)12-21-20-5-3-4-6-22(20)30-27(21)28(33)19-7-8-24-25(11-19)37-16-36-24/h3-8,11,17-18,23,28,30H,9-10,12-16H2,1-2H3/t17-,18+,23-,28-/m0/s1. The van der Waals surface area contributed by atoms with E-state index in [0.717, 1.165) is 47.4 Å². The number of carbonyl (C=O) groups is 2. The van der Waals surface area contributed by atoms with Gasteiger partial charge in [-0.1, -0.05) is 24.3 Å². The van der Waals surface area contributed by atoms with Crippen molar-refractivity contribution in [1.82, 2.24) is 19.7 Å². The maximum absolute atomic E-state index is 14.0. The van der Waals surface area contributed by atoms with Crippen LogP contribution in [0.4, 0.5) is 0 Å². The Morgan fingerprint density at radius 1 is 0.974 bits per heavy atom. The number of fused-ring (bicyclic) bond motifs is 5. The fourth-order valence-corrected chi connectivity index (χ4v) is 6.67. The summed E-state index contributed by atoms with van der Waals surface area (Å²) in [5.41, 5.74) is 3.98. The lowest BCUT2D eigenvalue weighted by molar-refractivity contribution is -0.159. The lowest BCUT2D eigenvalue weighted by Gasteiger charge is -2.47. The van der Waals surface area contributed by atoms with Crippen LogP contribution in [-0.4, -0.2) is 89.3 Å². The number of para-hydroxylation sites is 1. The molecule has 9 heteroatoms. The molecule has 2 fully saturated rings. The lowest BCUT2D eigenvalue weighted by atomic mass is 9.86. The van der Waals surface area contributed by atoms with E-state index in [2.05, 4.69) is 29.8 Å². The fourth-order valence-electron chi connectivity index (χ4n) is 6.67. The molecule has 2 saturated heterocycles. The Morgan fingerprint density at radius 3 is 2.61 bits per heavy atom. The zero-order valence-electron chi connectivity index (χ0n) is 21.7. The summed E-state index contributed by atoms with van der Waals surface area (Å²) in [5, 5.41) is 1.10. The van der Waals surface area contributed by atoms with Crippen LogP contribution in [0.3, 0.4) is 0 Å². The average Bonchev–Trinajstić information content (AvgIpc) is 3.52. The number of nitrogens with one attached hydrogen (secondary N) is 1. The minimum Gasteiger partial charge on any atom is -0.454 e. The topological polar surface area (TPSA) is 87.3 Å². The number of carbonyl (C=O) groups excluding carboxylic acids is 2. The van der Waals surface area contributed by atoms with Crippen LogP contribution in [0.25, 0.3) is 10.9 Å². The molecule has 2 amide bonds. The van der Waals surface area contributed by atoms with Crippen LogP contribution in [0.5, 0.6) is 11.5 Å². The van der Waals surface area contributed by atoms with E-state index < -0.39 is 12.1 Å². The molecule has 4 atom stereocenters. The number of benzene rings is 2. The molecule has 0 unspecified atom stereocenters. The number of hydrogen-bond donors (Lipinski definition) is 1. The van der Waals surface area contributed by atoms with Gasteiger partial charge in [0.1, 0.15) is 6.04 Å². The summed E-state index contributed by atoms with van der Waals surface area (Å²) in [4.78, 5) is 37.2. The SMILES string of the molecule is C[C@@H]1CN(CCN2CC(=O)N3[C@@H](c4ccc5c(c4)OCO5)c4[nH]c5ccccc5c4C[C@H]3C2=O)C[C@H](C)O1. The summed E-state index contributed by atoms with van der Waals surface area (Å²) in [6.45, 7) is 7.35. The summed E-state index contributed by atoms with van der Waals surface area (Å²) in [7, 11) is 0. The molecular weight excluding hydrogens is 484 g/mol. The van der Waals surface area contributed by atoms with Crippen molar-refractivity contribution in [1.29, 1.82) is 0 Å². The van der Waals surface area contributed by atoms with Gasteiger partial charge in [0.15, 0.2) is 11.5 Å². The maximum atomic E-state index is 14.0. The first-order valence-corrected chi connectivity index (χ1v) is 13.4. The van der Waals surface area contributed by atoms with Gasteiger partial charge in [0.05, 0.1) is 24.8 Å². The van der Waals surface area contributed by atoms with Crippen LogP contribution in [0, 0.1) is 0 Å². The van der Waals surface area contributed by atoms with Crippen molar-refractivity contribution in [2.75, 3.05) is 39.5 Å². The summed E-state index contributed by atoms with van der Waals surface area (Å²) in [6.07, 6.45) is 0.815. The van der Waals surface area contributed by atoms with E-state index in [-0.39, 0.29) is 37.4 Å². The molecule has 0 bridgehead atoms. The van der Waals surface area contributed by atoms with E-state index in [0.29, 0.717) is 24.5 Å². The van der Waals surface area contributed by atoms with Crippen molar-refractivity contribution in [3.05, 3.63) is 59.3 Å². The average molecular weight is 517 g/mol. The second kappa shape index (κ2) is 9.03. The number of piperazine rings is 1. The third kappa shape index (κ3) is 3.84. The van der Waals surface area contributed by atoms with Crippen LogP contribution < -0.4 is 9.47 Å². The first-order chi connectivity index (χ1) is 18.5. The van der Waals surface area contributed by atoms with Crippen LogP contribution in [-0.2, 0) is 20.7 Å². The van der Waals surface area contributed by atoms with Crippen molar-refractivity contribution in [3.63, 3.8) is 0 Å². The van der Waals surface area contributed by atoms with E-state index >= 15 is 0 Å². The Hall–Kier alpha value is -3.56. The number of amides is 2. The molecule has 38 heavy (non-hydrogen) atoms. The fraction of sp³-hybridized carbons (Fsp3) is 0.448. The predicted octanol–water partition coefficient (Wildman–Crippen LogP) is 2.69. The van der Waals surface area contributed by atoms with Gasteiger partial charge < -0.3 is 29.0 Å². The summed E-state index contributed by atoms with van der Waals surface area (Å²) < 4.78 is 17.0. The minimum atomic E-state index is -0.555. The molecule has 0 spiro atoms. The van der Waals surface area contributed by atoms with Crippen molar-refractivity contribution < 1.29 is 23.8 Å². The lowest BCUT2D eigenvalue weighted by Crippen LogP contribution is -2.63. The van der Waals surface area contributed by atoms with E-state index in [1.54, 1.807) is 9.80 Å². The van der Waals surface area contributed by atoms with Crippen molar-refractivity contribution in [2.45, 2.75) is 44.6 Å². The Labute approximate surface area is 221 Å². The quantitative estimate of drug-likeness (QED) is 0.574. The minimum absolute atomic E-state index is 0.0145. The van der Waals surface area contributed by atoms with Gasteiger partial charge in [0.2, 0.25) is 18.6 Å². The highest BCUT2D eigenvalue weighted by Gasteiger charge is 2.48. The molecule has 2 aromatic carbocycles. The van der Waals surface area contributed by atoms with Crippen LogP contribution in [0.2, 0.25) is 0 Å². The number of morpholine rings is 1. The number of hydrogen-bond acceptors (Lipinski definition) is 6. The largest absolute Gasteiger partial charge is 0.454 e. The van der Waals surface area contributed by atoms with Crippen molar-refractivity contribution >= 4 is 22.7 Å². The number of ether oxygens (including phenoxy) is 3. The highest BCUT2D eigenvalue weighted by atomic mass is 16.7. The molecular formula is C29H32N4O5. The Morgan fingerprint density at radius 2 is 1.76 bits per heavy atom. The second-order valence-electron chi connectivity index (χ2n) is 10.9. The molecule has 1 N–H and O–H groups in total. The van der Waals surface area contributed by atoms with E-state index in [1.165, 1.54) is 0 Å². The van der Waals surface area contributed by atoms with Gasteiger partial charge in [-0.3, -0.25) is 14.5 Å². The molecule has 7 rings (SSSR count). The summed E-state index contributed by atoms with van der Waals surface area (Å²) in [5.74, 6) is 1.33. The molecule has 1 aromatic heterocycles. The van der Waals surface area contributed by atoms with Gasteiger partial charge in [-0.15, -0.1) is 0 Å². The van der Waals surface area contributed by atoms with E-state index in [4.69, 9.17) is 14.2 Å². The first kappa shape index (κ1) is 23.5. The van der Waals surface area contributed by atoms with Crippen molar-refractivity contribution in [2.24, 2.45) is 0 Å². The first-order valence-electron chi connectivity index (χ1n) is 13.4. The molecule has 4 aliphatic heterocycles. The van der Waals surface area contributed by atoms with E-state index in [1.807, 2.05) is 36.4 Å². The zero-order valence-corrected chi connectivity index (χ0v) is 21.7.